The predicted octanol–water partition coefficient (Wildman–Crippen LogP) is 7.51. The largest absolute Gasteiger partial charge is 0.506 e. The van der Waals surface area contributed by atoms with Crippen molar-refractivity contribution < 1.29 is 9.90 Å². The van der Waals surface area contributed by atoms with E-state index in [0.29, 0.717) is 11.1 Å². The maximum atomic E-state index is 13.7. The summed E-state index contributed by atoms with van der Waals surface area (Å²) < 4.78 is 0. The molecule has 36 heavy (non-hydrogen) atoms. The zero-order valence-electron chi connectivity index (χ0n) is 21.1. The van der Waals surface area contributed by atoms with Gasteiger partial charge in [0.25, 0.3) is 0 Å². The first kappa shape index (κ1) is 21.8. The minimum atomic E-state index is -0.125. The summed E-state index contributed by atoms with van der Waals surface area (Å²) in [7, 11) is 0. The Labute approximate surface area is 212 Å². The van der Waals surface area contributed by atoms with Gasteiger partial charge in [0.1, 0.15) is 5.76 Å². The minimum absolute atomic E-state index is 0.0484. The quantitative estimate of drug-likeness (QED) is 0.441. The van der Waals surface area contributed by atoms with E-state index in [-0.39, 0.29) is 22.4 Å². The average Bonchev–Trinajstić information content (AvgIpc) is 3.68. The average molecular weight is 477 g/mol. The number of fused-ring (bicyclic) bond motifs is 4. The molecule has 0 aromatic heterocycles. The molecule has 2 saturated carbocycles. The van der Waals surface area contributed by atoms with Gasteiger partial charge in [-0.15, -0.1) is 0 Å². The highest BCUT2D eigenvalue weighted by Gasteiger charge is 2.50. The van der Waals surface area contributed by atoms with Gasteiger partial charge in [-0.1, -0.05) is 62.1 Å². The first-order chi connectivity index (χ1) is 17.5. The number of para-hydroxylation sites is 2. The molecule has 0 amide bonds. The van der Waals surface area contributed by atoms with Crippen LogP contribution < -0.4 is 5.32 Å². The number of Topliss-reactive ketones (excluding diaryl/α,β-unsaturated/α-hetero) is 1. The topological polar surface area (TPSA) is 61.7 Å². The highest BCUT2D eigenvalue weighted by Crippen LogP contribution is 2.56. The van der Waals surface area contributed by atoms with E-state index in [4.69, 9.17) is 4.99 Å². The zero-order chi connectivity index (χ0) is 24.7. The molecule has 2 aliphatic heterocycles. The fourth-order valence-corrected chi connectivity index (χ4v) is 7.95. The summed E-state index contributed by atoms with van der Waals surface area (Å²) >= 11 is 0. The Morgan fingerprint density at radius 3 is 2.14 bits per heavy atom. The van der Waals surface area contributed by atoms with Crippen LogP contribution in [0.25, 0.3) is 0 Å². The lowest BCUT2D eigenvalue weighted by Gasteiger charge is -2.32. The van der Waals surface area contributed by atoms with Crippen LogP contribution in [0.4, 0.5) is 11.4 Å². The van der Waals surface area contributed by atoms with Crippen LogP contribution in [0.2, 0.25) is 0 Å². The summed E-state index contributed by atoms with van der Waals surface area (Å²) in [4.78, 5) is 18.8. The predicted molar refractivity (Wildman–Crippen MR) is 144 cm³/mol. The van der Waals surface area contributed by atoms with Crippen molar-refractivity contribution in [2.24, 2.45) is 4.99 Å². The van der Waals surface area contributed by atoms with E-state index >= 15 is 0 Å². The maximum Gasteiger partial charge on any atom is 0.201 e. The number of aliphatic hydroxyl groups is 1. The van der Waals surface area contributed by atoms with Crippen LogP contribution in [0.5, 0.6) is 0 Å². The summed E-state index contributed by atoms with van der Waals surface area (Å²) in [5.41, 5.74) is 9.31. The molecule has 182 valence electrons. The van der Waals surface area contributed by atoms with Crippen molar-refractivity contribution in [2.45, 2.75) is 76.0 Å². The van der Waals surface area contributed by atoms with Crippen molar-refractivity contribution in [1.82, 2.24) is 0 Å². The molecule has 4 heteroatoms. The molecule has 7 rings (SSSR count). The highest BCUT2D eigenvalue weighted by atomic mass is 16.3. The highest BCUT2D eigenvalue weighted by molar-refractivity contribution is 6.27. The number of aliphatic imine (C=N–C) groups is 1. The summed E-state index contributed by atoms with van der Waals surface area (Å²) in [6.45, 7) is 3.99. The number of hydrogen-bond acceptors (Lipinski definition) is 4. The van der Waals surface area contributed by atoms with E-state index in [1.54, 1.807) is 0 Å². The Balaban J connectivity index is 1.33. The monoisotopic (exact) mass is 476 g/mol. The minimum Gasteiger partial charge on any atom is -0.506 e. The van der Waals surface area contributed by atoms with Crippen molar-refractivity contribution in [3.8, 4) is 0 Å². The number of allylic oxidation sites excluding steroid dienone is 5. The number of ketones is 1. The maximum absolute atomic E-state index is 13.7. The standard InChI is InChI=1S/C32H32N2O2/c1-19(29-31(15-7-8-16-31)21-11-3-5-13-23(21)33-29)25-27(35)26(28(25)36)20(2)30-32(17-9-10-18-32)22-12-4-6-14-24(22)34-30/h3-6,11-14,33,35H,7-10,15-18H2,1-2H3. The molecular formula is C32H32N2O2. The Morgan fingerprint density at radius 1 is 0.833 bits per heavy atom. The van der Waals surface area contributed by atoms with E-state index in [1.807, 2.05) is 19.9 Å². The van der Waals surface area contributed by atoms with Crippen LogP contribution in [-0.2, 0) is 15.6 Å². The number of benzene rings is 2. The van der Waals surface area contributed by atoms with Gasteiger partial charge < -0.3 is 10.4 Å². The Hall–Kier alpha value is -3.40. The van der Waals surface area contributed by atoms with Crippen LogP contribution in [-0.4, -0.2) is 16.6 Å². The normalized spacial score (nSPS) is 25.6. The molecule has 2 aromatic rings. The molecule has 2 heterocycles. The number of carbonyl (C=O) groups is 1. The third-order valence-corrected chi connectivity index (χ3v) is 9.61. The van der Waals surface area contributed by atoms with E-state index in [2.05, 4.69) is 47.8 Å². The number of rotatable bonds is 2. The van der Waals surface area contributed by atoms with Crippen LogP contribution in [0.15, 0.2) is 87.3 Å². The van der Waals surface area contributed by atoms with Gasteiger partial charge in [-0.3, -0.25) is 9.79 Å². The van der Waals surface area contributed by atoms with Gasteiger partial charge in [-0.25, -0.2) is 0 Å². The molecule has 2 N–H and O–H groups in total. The van der Waals surface area contributed by atoms with Crippen LogP contribution in [0.1, 0.15) is 76.3 Å². The fraction of sp³-hybridized carbons (Fsp3) is 0.375. The summed E-state index contributed by atoms with van der Waals surface area (Å²) in [5.74, 6) is 0.0907. The molecule has 5 aliphatic rings. The van der Waals surface area contributed by atoms with Gasteiger partial charge in [-0.05, 0) is 73.9 Å². The molecule has 2 fully saturated rings. The third-order valence-electron chi connectivity index (χ3n) is 9.61. The van der Waals surface area contributed by atoms with Crippen molar-refractivity contribution in [3.05, 3.63) is 93.4 Å². The lowest BCUT2D eigenvalue weighted by atomic mass is 9.70. The lowest BCUT2D eigenvalue weighted by Crippen LogP contribution is -2.35. The summed E-state index contributed by atoms with van der Waals surface area (Å²) in [6.07, 6.45) is 8.93. The molecule has 3 aliphatic carbocycles. The third kappa shape index (κ3) is 2.65. The molecule has 0 bridgehead atoms. The molecule has 2 aromatic carbocycles. The van der Waals surface area contributed by atoms with E-state index < -0.39 is 0 Å². The molecular weight excluding hydrogens is 444 g/mol. The molecule has 0 atom stereocenters. The second-order valence-corrected chi connectivity index (χ2v) is 11.3. The van der Waals surface area contributed by atoms with Crippen molar-refractivity contribution in [1.29, 1.82) is 0 Å². The molecule has 0 unspecified atom stereocenters. The number of aliphatic hydroxyl groups excluding tert-OH is 1. The molecule has 0 radical (unpaired) electrons. The number of nitrogens with one attached hydrogen (secondary N) is 1. The van der Waals surface area contributed by atoms with E-state index in [1.165, 1.54) is 24.0 Å². The Morgan fingerprint density at radius 2 is 1.44 bits per heavy atom. The zero-order valence-corrected chi connectivity index (χ0v) is 21.1. The lowest BCUT2D eigenvalue weighted by molar-refractivity contribution is -0.113. The molecule has 2 spiro atoms. The van der Waals surface area contributed by atoms with Gasteiger partial charge in [-0.2, -0.15) is 0 Å². The van der Waals surface area contributed by atoms with Crippen molar-refractivity contribution in [2.75, 3.05) is 5.32 Å². The van der Waals surface area contributed by atoms with Gasteiger partial charge in [0.15, 0.2) is 0 Å². The number of anilines is 1. The smallest absolute Gasteiger partial charge is 0.201 e. The first-order valence-corrected chi connectivity index (χ1v) is 13.4. The number of nitrogens with zero attached hydrogens (tertiary/aromatic N) is 1. The molecule has 4 nitrogen and oxygen atoms in total. The second-order valence-electron chi connectivity index (χ2n) is 11.3. The number of hydrogen-bond donors (Lipinski definition) is 2. The first-order valence-electron chi connectivity index (χ1n) is 13.4. The molecule has 0 saturated heterocycles. The van der Waals surface area contributed by atoms with Crippen LogP contribution in [0.3, 0.4) is 0 Å². The number of carbonyl (C=O) groups excluding carboxylic acids is 1. The van der Waals surface area contributed by atoms with E-state index in [9.17, 15) is 9.90 Å². The van der Waals surface area contributed by atoms with Crippen LogP contribution in [0, 0.1) is 0 Å². The summed E-state index contributed by atoms with van der Waals surface area (Å²) in [5, 5.41) is 15.0. The summed E-state index contributed by atoms with van der Waals surface area (Å²) in [6, 6.07) is 16.9. The van der Waals surface area contributed by atoms with Crippen molar-refractivity contribution in [3.63, 3.8) is 0 Å². The van der Waals surface area contributed by atoms with Gasteiger partial charge in [0.05, 0.1) is 22.5 Å². The SMILES string of the molecule is CC(C1=Nc2ccccc2C12CCCC2)=C1C(=O)C(C(C)=C2Nc3ccccc3C23CCCC3)=C1O. The van der Waals surface area contributed by atoms with Gasteiger partial charge in [0, 0.05) is 22.2 Å². The second kappa shape index (κ2) is 7.55. The van der Waals surface area contributed by atoms with Gasteiger partial charge >= 0.3 is 0 Å². The fourth-order valence-electron chi connectivity index (χ4n) is 7.95. The van der Waals surface area contributed by atoms with Gasteiger partial charge in [0.2, 0.25) is 5.78 Å². The van der Waals surface area contributed by atoms with E-state index in [0.717, 1.165) is 72.5 Å². The Bertz CT molecular complexity index is 1460. The Kier molecular flexibility index (Phi) is 4.58. The van der Waals surface area contributed by atoms with Crippen LogP contribution >= 0.6 is 0 Å². The van der Waals surface area contributed by atoms with Crippen molar-refractivity contribution >= 4 is 22.9 Å².